The fraction of sp³-hybridized carbons (Fsp3) is 0.200. The molecule has 0 unspecified atom stereocenters. The molecule has 0 bridgehead atoms. The molecule has 142 valence electrons. The summed E-state index contributed by atoms with van der Waals surface area (Å²) in [5.74, 6) is 0.169. The number of aromatic nitrogens is 1. The molecule has 2 aromatic carbocycles. The molecule has 28 heavy (non-hydrogen) atoms. The van der Waals surface area contributed by atoms with Crippen molar-refractivity contribution in [2.75, 3.05) is 12.4 Å². The second-order valence-corrected chi connectivity index (χ2v) is 8.58. The lowest BCUT2D eigenvalue weighted by molar-refractivity contribution is -0.121. The number of carbonyl (C=O) groups is 2. The third kappa shape index (κ3) is 4.23. The van der Waals surface area contributed by atoms with Gasteiger partial charge in [0, 0.05) is 24.6 Å². The average molecular weight is 412 g/mol. The predicted octanol–water partition coefficient (Wildman–Crippen LogP) is 3.92. The lowest BCUT2D eigenvalue weighted by Gasteiger charge is -2.09. The van der Waals surface area contributed by atoms with Gasteiger partial charge in [-0.1, -0.05) is 30.0 Å². The Kier molecular flexibility index (Phi) is 5.40. The van der Waals surface area contributed by atoms with Crippen LogP contribution in [0.3, 0.4) is 0 Å². The van der Waals surface area contributed by atoms with E-state index in [0.717, 1.165) is 15.2 Å². The van der Waals surface area contributed by atoms with Gasteiger partial charge in [-0.05, 0) is 24.3 Å². The van der Waals surface area contributed by atoms with Crippen LogP contribution in [0.25, 0.3) is 10.2 Å². The van der Waals surface area contributed by atoms with Gasteiger partial charge in [-0.3, -0.25) is 9.59 Å². The number of nitrogens with zero attached hydrogens (tertiary/aromatic N) is 2. The SMILES string of the molecule is COc1cccc(NC(=O)C[C@H]2SC(Cc3nc4ccccc4s3)=NC2=O)c1. The Morgan fingerprint density at radius 2 is 2.07 bits per heavy atom. The number of aliphatic imine (C=N–C) groups is 1. The minimum absolute atomic E-state index is 0.0769. The molecule has 0 radical (unpaired) electrons. The highest BCUT2D eigenvalue weighted by atomic mass is 32.2. The summed E-state index contributed by atoms with van der Waals surface area (Å²) in [6, 6.07) is 15.0. The average Bonchev–Trinajstić information content (AvgIpc) is 3.24. The van der Waals surface area contributed by atoms with Crippen molar-refractivity contribution in [1.82, 2.24) is 4.98 Å². The van der Waals surface area contributed by atoms with Crippen molar-refractivity contribution in [1.29, 1.82) is 0 Å². The maximum absolute atomic E-state index is 12.3. The standard InChI is InChI=1S/C20H17N3O3S2/c1-26-13-6-4-5-12(9-13)21-17(24)10-16-20(25)23-19(28-16)11-18-22-14-7-2-3-8-15(14)27-18/h2-9,16H,10-11H2,1H3,(H,21,24)/t16-/m1/s1. The Hall–Kier alpha value is -2.71. The van der Waals surface area contributed by atoms with E-state index in [4.69, 9.17) is 4.74 Å². The van der Waals surface area contributed by atoms with Crippen molar-refractivity contribution < 1.29 is 14.3 Å². The number of amides is 2. The molecule has 1 aliphatic heterocycles. The van der Waals surface area contributed by atoms with Crippen LogP contribution < -0.4 is 10.1 Å². The lowest BCUT2D eigenvalue weighted by Crippen LogP contribution is -2.21. The number of fused-ring (bicyclic) bond motifs is 1. The van der Waals surface area contributed by atoms with Crippen LogP contribution in [0.5, 0.6) is 5.75 Å². The molecule has 6 nitrogen and oxygen atoms in total. The Morgan fingerprint density at radius 1 is 1.21 bits per heavy atom. The summed E-state index contributed by atoms with van der Waals surface area (Å²) in [6.07, 6.45) is 0.595. The Bertz CT molecular complexity index is 1040. The fourth-order valence-corrected chi connectivity index (χ4v) is 4.99. The summed E-state index contributed by atoms with van der Waals surface area (Å²) in [5.41, 5.74) is 1.59. The summed E-state index contributed by atoms with van der Waals surface area (Å²) in [5, 5.41) is 3.94. The van der Waals surface area contributed by atoms with Gasteiger partial charge >= 0.3 is 0 Å². The van der Waals surface area contributed by atoms with Gasteiger partial charge in [-0.15, -0.1) is 11.3 Å². The molecule has 4 rings (SSSR count). The number of thioether (sulfide) groups is 1. The zero-order valence-corrected chi connectivity index (χ0v) is 16.7. The molecule has 0 spiro atoms. The van der Waals surface area contributed by atoms with Crippen LogP contribution in [0.2, 0.25) is 0 Å². The highest BCUT2D eigenvalue weighted by molar-refractivity contribution is 8.15. The van der Waals surface area contributed by atoms with Crippen molar-refractivity contribution in [3.8, 4) is 5.75 Å². The van der Waals surface area contributed by atoms with Crippen LogP contribution in [0.1, 0.15) is 11.4 Å². The van der Waals surface area contributed by atoms with Gasteiger partial charge in [-0.2, -0.15) is 0 Å². The Balaban J connectivity index is 1.35. The molecule has 2 heterocycles. The molecular formula is C20H17N3O3S2. The van der Waals surface area contributed by atoms with Gasteiger partial charge in [0.25, 0.3) is 5.91 Å². The third-order valence-corrected chi connectivity index (χ3v) is 6.35. The molecule has 0 saturated carbocycles. The molecule has 2 amide bonds. The number of benzene rings is 2. The summed E-state index contributed by atoms with van der Waals surface area (Å²) >= 11 is 2.95. The van der Waals surface area contributed by atoms with E-state index in [-0.39, 0.29) is 18.2 Å². The van der Waals surface area contributed by atoms with Crippen LogP contribution in [0.15, 0.2) is 53.5 Å². The zero-order chi connectivity index (χ0) is 19.5. The second kappa shape index (κ2) is 8.12. The number of carbonyl (C=O) groups excluding carboxylic acids is 2. The molecule has 1 atom stereocenters. The molecule has 3 aromatic rings. The van der Waals surface area contributed by atoms with Crippen molar-refractivity contribution >= 4 is 55.9 Å². The van der Waals surface area contributed by atoms with Crippen molar-refractivity contribution in [2.24, 2.45) is 4.99 Å². The van der Waals surface area contributed by atoms with Crippen LogP contribution in [-0.4, -0.2) is 34.2 Å². The number of nitrogens with one attached hydrogen (secondary N) is 1. The normalized spacial score (nSPS) is 16.2. The van der Waals surface area contributed by atoms with Crippen molar-refractivity contribution in [2.45, 2.75) is 18.1 Å². The number of rotatable bonds is 6. The van der Waals surface area contributed by atoms with E-state index >= 15 is 0 Å². The first-order valence-electron chi connectivity index (χ1n) is 8.67. The van der Waals surface area contributed by atoms with Crippen LogP contribution in [0, 0.1) is 0 Å². The largest absolute Gasteiger partial charge is 0.497 e. The molecule has 8 heteroatoms. The first-order valence-corrected chi connectivity index (χ1v) is 10.4. The minimum Gasteiger partial charge on any atom is -0.497 e. The highest BCUT2D eigenvalue weighted by Gasteiger charge is 2.30. The van der Waals surface area contributed by atoms with Gasteiger partial charge < -0.3 is 10.1 Å². The molecule has 1 aromatic heterocycles. The first-order chi connectivity index (χ1) is 13.6. The van der Waals surface area contributed by atoms with Gasteiger partial charge in [0.2, 0.25) is 5.91 Å². The minimum atomic E-state index is -0.491. The van der Waals surface area contributed by atoms with Crippen LogP contribution in [-0.2, 0) is 16.0 Å². The molecule has 0 aliphatic carbocycles. The third-order valence-electron chi connectivity index (χ3n) is 4.15. The van der Waals surface area contributed by atoms with E-state index in [1.807, 2.05) is 24.3 Å². The number of ether oxygens (including phenoxy) is 1. The summed E-state index contributed by atoms with van der Waals surface area (Å²) in [6.45, 7) is 0. The quantitative estimate of drug-likeness (QED) is 0.665. The molecule has 1 N–H and O–H groups in total. The Labute approximate surface area is 170 Å². The van der Waals surface area contributed by atoms with E-state index in [2.05, 4.69) is 15.3 Å². The van der Waals surface area contributed by atoms with E-state index < -0.39 is 5.25 Å². The monoisotopic (exact) mass is 411 g/mol. The number of para-hydroxylation sites is 1. The fourth-order valence-electron chi connectivity index (χ4n) is 2.85. The summed E-state index contributed by atoms with van der Waals surface area (Å²) in [7, 11) is 1.57. The van der Waals surface area contributed by atoms with E-state index in [0.29, 0.717) is 22.9 Å². The van der Waals surface area contributed by atoms with Crippen LogP contribution >= 0.6 is 23.1 Å². The van der Waals surface area contributed by atoms with Crippen LogP contribution in [0.4, 0.5) is 5.69 Å². The first kappa shape index (κ1) is 18.6. The highest BCUT2D eigenvalue weighted by Crippen LogP contribution is 2.30. The van der Waals surface area contributed by atoms with Gasteiger partial charge in [0.1, 0.15) is 16.0 Å². The molecule has 0 fully saturated rings. The molecule has 0 saturated heterocycles. The number of anilines is 1. The van der Waals surface area contributed by atoms with Gasteiger partial charge in [-0.25, -0.2) is 9.98 Å². The van der Waals surface area contributed by atoms with Crippen molar-refractivity contribution in [3.63, 3.8) is 0 Å². The maximum Gasteiger partial charge on any atom is 0.260 e. The Morgan fingerprint density at radius 3 is 2.89 bits per heavy atom. The van der Waals surface area contributed by atoms with E-state index in [9.17, 15) is 9.59 Å². The number of thiazole rings is 1. The van der Waals surface area contributed by atoms with Gasteiger partial charge in [0.15, 0.2) is 0 Å². The number of hydrogen-bond acceptors (Lipinski definition) is 6. The van der Waals surface area contributed by atoms with E-state index in [1.165, 1.54) is 11.8 Å². The zero-order valence-electron chi connectivity index (χ0n) is 15.0. The number of methoxy groups -OCH3 is 1. The second-order valence-electron chi connectivity index (χ2n) is 6.19. The lowest BCUT2D eigenvalue weighted by atomic mass is 10.2. The van der Waals surface area contributed by atoms with Gasteiger partial charge in [0.05, 0.1) is 22.4 Å². The molecular weight excluding hydrogens is 394 g/mol. The predicted molar refractivity (Wildman–Crippen MR) is 113 cm³/mol. The topological polar surface area (TPSA) is 80.7 Å². The number of hydrogen-bond donors (Lipinski definition) is 1. The molecule has 1 aliphatic rings. The van der Waals surface area contributed by atoms with Crippen molar-refractivity contribution in [3.05, 3.63) is 53.5 Å². The summed E-state index contributed by atoms with van der Waals surface area (Å²) in [4.78, 5) is 33.2. The summed E-state index contributed by atoms with van der Waals surface area (Å²) < 4.78 is 6.26. The smallest absolute Gasteiger partial charge is 0.260 e. The van der Waals surface area contributed by atoms with E-state index in [1.54, 1.807) is 42.7 Å². The maximum atomic E-state index is 12.3.